The molecule has 5 heteroatoms. The van der Waals surface area contributed by atoms with E-state index in [1.54, 1.807) is 6.07 Å². The summed E-state index contributed by atoms with van der Waals surface area (Å²) in [6.45, 7) is 0.775. The van der Waals surface area contributed by atoms with Gasteiger partial charge in [-0.3, -0.25) is 4.79 Å². The second-order valence-corrected chi connectivity index (χ2v) is 4.54. The Balaban J connectivity index is 2.08. The molecule has 110 valence electrons. The molecule has 21 heavy (non-hydrogen) atoms. The first-order valence-electron chi connectivity index (χ1n) is 6.57. The van der Waals surface area contributed by atoms with E-state index in [9.17, 15) is 9.90 Å². The average Bonchev–Trinajstić information content (AvgIpc) is 2.52. The van der Waals surface area contributed by atoms with Crippen LogP contribution < -0.4 is 15.8 Å². The van der Waals surface area contributed by atoms with Crippen molar-refractivity contribution in [3.63, 3.8) is 0 Å². The molecule has 0 atom stereocenters. The number of hydrogen-bond acceptors (Lipinski definition) is 4. The van der Waals surface area contributed by atoms with Gasteiger partial charge in [-0.1, -0.05) is 24.3 Å². The van der Waals surface area contributed by atoms with Gasteiger partial charge in [0, 0.05) is 19.2 Å². The van der Waals surface area contributed by atoms with Gasteiger partial charge in [0.1, 0.15) is 11.5 Å². The van der Waals surface area contributed by atoms with E-state index in [0.29, 0.717) is 18.8 Å². The molecule has 4 N–H and O–H groups in total. The van der Waals surface area contributed by atoms with Crippen molar-refractivity contribution in [2.75, 3.05) is 7.11 Å². The smallest absolute Gasteiger partial charge is 0.255 e. The summed E-state index contributed by atoms with van der Waals surface area (Å²) < 4.78 is 4.98. The Kier molecular flexibility index (Phi) is 4.79. The third kappa shape index (κ3) is 3.52. The average molecular weight is 286 g/mol. The SMILES string of the molecule is COc1ccc(C(=O)NCc2ccccc2CN)c(O)c1. The minimum Gasteiger partial charge on any atom is -0.507 e. The number of ether oxygens (including phenoxy) is 1. The molecule has 0 aliphatic carbocycles. The van der Waals surface area contributed by atoms with Crippen LogP contribution in [0.1, 0.15) is 21.5 Å². The van der Waals surface area contributed by atoms with Gasteiger partial charge in [0.05, 0.1) is 12.7 Å². The highest BCUT2D eigenvalue weighted by atomic mass is 16.5. The Morgan fingerprint density at radius 3 is 2.57 bits per heavy atom. The molecule has 0 aromatic heterocycles. The largest absolute Gasteiger partial charge is 0.507 e. The molecule has 0 saturated heterocycles. The van der Waals surface area contributed by atoms with Crippen LogP contribution in [0.2, 0.25) is 0 Å². The monoisotopic (exact) mass is 286 g/mol. The number of phenolic OH excluding ortho intramolecular Hbond substituents is 1. The van der Waals surface area contributed by atoms with Crippen molar-refractivity contribution in [2.45, 2.75) is 13.1 Å². The summed E-state index contributed by atoms with van der Waals surface area (Å²) in [5, 5.41) is 12.6. The zero-order chi connectivity index (χ0) is 15.2. The molecule has 0 aliphatic heterocycles. The van der Waals surface area contributed by atoms with Gasteiger partial charge in [-0.15, -0.1) is 0 Å². The highest BCUT2D eigenvalue weighted by molar-refractivity contribution is 5.96. The summed E-state index contributed by atoms with van der Waals surface area (Å²) >= 11 is 0. The van der Waals surface area contributed by atoms with Gasteiger partial charge >= 0.3 is 0 Å². The molecule has 2 aromatic rings. The molecule has 0 heterocycles. The zero-order valence-corrected chi connectivity index (χ0v) is 11.8. The maximum absolute atomic E-state index is 12.1. The van der Waals surface area contributed by atoms with Gasteiger partial charge in [0.15, 0.2) is 0 Å². The van der Waals surface area contributed by atoms with Crippen LogP contribution in [0.3, 0.4) is 0 Å². The Hall–Kier alpha value is -2.53. The zero-order valence-electron chi connectivity index (χ0n) is 11.8. The van der Waals surface area contributed by atoms with E-state index in [-0.39, 0.29) is 17.2 Å². The fourth-order valence-electron chi connectivity index (χ4n) is 2.03. The molecular weight excluding hydrogens is 268 g/mol. The Bertz CT molecular complexity index is 641. The maximum Gasteiger partial charge on any atom is 0.255 e. The summed E-state index contributed by atoms with van der Waals surface area (Å²) in [4.78, 5) is 12.1. The summed E-state index contributed by atoms with van der Waals surface area (Å²) in [6, 6.07) is 12.2. The second-order valence-electron chi connectivity index (χ2n) is 4.54. The topological polar surface area (TPSA) is 84.6 Å². The lowest BCUT2D eigenvalue weighted by Crippen LogP contribution is -2.23. The molecule has 0 radical (unpaired) electrons. The highest BCUT2D eigenvalue weighted by Crippen LogP contribution is 2.23. The van der Waals surface area contributed by atoms with Crippen LogP contribution in [0.4, 0.5) is 0 Å². The van der Waals surface area contributed by atoms with Crippen LogP contribution in [0.25, 0.3) is 0 Å². The van der Waals surface area contributed by atoms with Crippen LogP contribution in [-0.4, -0.2) is 18.1 Å². The molecule has 2 rings (SSSR count). The lowest BCUT2D eigenvalue weighted by Gasteiger charge is -2.10. The fraction of sp³-hybridized carbons (Fsp3) is 0.188. The fourth-order valence-corrected chi connectivity index (χ4v) is 2.03. The van der Waals surface area contributed by atoms with Crippen molar-refractivity contribution in [1.82, 2.24) is 5.32 Å². The molecule has 0 fully saturated rings. The number of benzene rings is 2. The van der Waals surface area contributed by atoms with Crippen molar-refractivity contribution >= 4 is 5.91 Å². The first-order valence-corrected chi connectivity index (χ1v) is 6.57. The summed E-state index contributed by atoms with van der Waals surface area (Å²) in [5.41, 5.74) is 7.81. The predicted octanol–water partition coefficient (Wildman–Crippen LogP) is 1.79. The molecular formula is C16H18N2O3. The number of phenols is 1. The van der Waals surface area contributed by atoms with E-state index in [4.69, 9.17) is 10.5 Å². The Labute approximate surface area is 123 Å². The number of nitrogens with one attached hydrogen (secondary N) is 1. The summed E-state index contributed by atoms with van der Waals surface area (Å²) in [5.74, 6) is 0.0402. The van der Waals surface area contributed by atoms with Gasteiger partial charge in [-0.05, 0) is 23.3 Å². The summed E-state index contributed by atoms with van der Waals surface area (Å²) in [6.07, 6.45) is 0. The van der Waals surface area contributed by atoms with E-state index >= 15 is 0 Å². The molecule has 5 nitrogen and oxygen atoms in total. The summed E-state index contributed by atoms with van der Waals surface area (Å²) in [7, 11) is 1.50. The van der Waals surface area contributed by atoms with Gasteiger partial charge < -0.3 is 20.9 Å². The highest BCUT2D eigenvalue weighted by Gasteiger charge is 2.12. The lowest BCUT2D eigenvalue weighted by molar-refractivity contribution is 0.0948. The van der Waals surface area contributed by atoms with Crippen LogP contribution in [0, 0.1) is 0 Å². The normalized spacial score (nSPS) is 10.2. The second kappa shape index (κ2) is 6.76. The number of methoxy groups -OCH3 is 1. The third-order valence-electron chi connectivity index (χ3n) is 3.23. The number of carbonyl (C=O) groups excluding carboxylic acids is 1. The van der Waals surface area contributed by atoms with Crippen LogP contribution >= 0.6 is 0 Å². The van der Waals surface area contributed by atoms with Gasteiger partial charge in [-0.2, -0.15) is 0 Å². The molecule has 1 amide bonds. The van der Waals surface area contributed by atoms with Crippen LogP contribution in [0.15, 0.2) is 42.5 Å². The van der Waals surface area contributed by atoms with Crippen molar-refractivity contribution in [3.8, 4) is 11.5 Å². The number of carbonyl (C=O) groups is 1. The van der Waals surface area contributed by atoms with Crippen molar-refractivity contribution in [2.24, 2.45) is 5.73 Å². The first kappa shape index (κ1) is 14.9. The van der Waals surface area contributed by atoms with Crippen LogP contribution in [-0.2, 0) is 13.1 Å². The number of rotatable bonds is 5. The van der Waals surface area contributed by atoms with E-state index in [1.165, 1.54) is 19.2 Å². The predicted molar refractivity (Wildman–Crippen MR) is 80.2 cm³/mol. The minimum atomic E-state index is -0.345. The van der Waals surface area contributed by atoms with Crippen molar-refractivity contribution in [3.05, 3.63) is 59.2 Å². The first-order chi connectivity index (χ1) is 10.2. The van der Waals surface area contributed by atoms with Gasteiger partial charge in [0.2, 0.25) is 0 Å². The third-order valence-corrected chi connectivity index (χ3v) is 3.23. The quantitative estimate of drug-likeness (QED) is 0.782. The molecule has 0 spiro atoms. The maximum atomic E-state index is 12.1. The van der Waals surface area contributed by atoms with Gasteiger partial charge in [-0.25, -0.2) is 0 Å². The molecule has 0 saturated carbocycles. The Morgan fingerprint density at radius 1 is 1.24 bits per heavy atom. The molecule has 0 unspecified atom stereocenters. The molecule has 0 bridgehead atoms. The lowest BCUT2D eigenvalue weighted by atomic mass is 10.1. The van der Waals surface area contributed by atoms with E-state index in [2.05, 4.69) is 5.32 Å². The number of amides is 1. The van der Waals surface area contributed by atoms with Crippen molar-refractivity contribution < 1.29 is 14.6 Å². The number of aromatic hydroxyl groups is 1. The van der Waals surface area contributed by atoms with Gasteiger partial charge in [0.25, 0.3) is 5.91 Å². The number of hydrogen-bond donors (Lipinski definition) is 3. The van der Waals surface area contributed by atoms with Crippen LogP contribution in [0.5, 0.6) is 11.5 Å². The molecule has 2 aromatic carbocycles. The minimum absolute atomic E-state index is 0.112. The van der Waals surface area contributed by atoms with E-state index < -0.39 is 0 Å². The molecule has 0 aliphatic rings. The number of nitrogens with two attached hydrogens (primary N) is 1. The van der Waals surface area contributed by atoms with E-state index in [1.807, 2.05) is 24.3 Å². The van der Waals surface area contributed by atoms with Crippen molar-refractivity contribution in [1.29, 1.82) is 0 Å². The Morgan fingerprint density at radius 2 is 1.95 bits per heavy atom. The standard InChI is InChI=1S/C16H18N2O3/c1-21-13-6-7-14(15(19)8-13)16(20)18-10-12-5-3-2-4-11(12)9-17/h2-8,19H,9-10,17H2,1H3,(H,18,20). The van der Waals surface area contributed by atoms with E-state index in [0.717, 1.165) is 11.1 Å².